The van der Waals surface area contributed by atoms with Gasteiger partial charge in [-0.25, -0.2) is 9.59 Å². The molecular formula is C37H69N5O7. The summed E-state index contributed by atoms with van der Waals surface area (Å²) in [4.78, 5) is 79.0. The second-order valence-corrected chi connectivity index (χ2v) is 16.4. The fourth-order valence-electron chi connectivity index (χ4n) is 5.15. The molecule has 12 nitrogen and oxygen atoms in total. The maximum atomic E-state index is 13.9. The van der Waals surface area contributed by atoms with Gasteiger partial charge in [0.1, 0.15) is 18.1 Å². The minimum Gasteiger partial charge on any atom is -0.464 e. The zero-order chi connectivity index (χ0) is 38.3. The van der Waals surface area contributed by atoms with Crippen molar-refractivity contribution >= 4 is 35.5 Å². The number of hydrogen-bond acceptors (Lipinski definition) is 7. The Kier molecular flexibility index (Phi) is 19.2. The largest absolute Gasteiger partial charge is 0.464 e. The van der Waals surface area contributed by atoms with Gasteiger partial charge in [-0.1, -0.05) is 122 Å². The zero-order valence-corrected chi connectivity index (χ0v) is 32.8. The van der Waals surface area contributed by atoms with Gasteiger partial charge in [0.15, 0.2) is 0 Å². The summed E-state index contributed by atoms with van der Waals surface area (Å²) in [5.41, 5.74) is 3.56. The van der Waals surface area contributed by atoms with Crippen LogP contribution in [0.15, 0.2) is 0 Å². The Morgan fingerprint density at radius 3 is 1.69 bits per heavy atom. The van der Waals surface area contributed by atoms with Gasteiger partial charge in [-0.05, 0) is 41.4 Å². The molecule has 1 heterocycles. The quantitative estimate of drug-likeness (QED) is 0.159. The summed E-state index contributed by atoms with van der Waals surface area (Å²) in [5, 5.41) is 8.13. The summed E-state index contributed by atoms with van der Waals surface area (Å²) >= 11 is 0. The van der Waals surface area contributed by atoms with E-state index in [9.17, 15) is 28.8 Å². The Hall–Kier alpha value is -3.18. The second kappa shape index (κ2) is 20.5. The molecule has 2 rings (SSSR count). The van der Waals surface area contributed by atoms with Gasteiger partial charge in [0, 0.05) is 6.54 Å². The Morgan fingerprint density at radius 1 is 0.776 bits per heavy atom. The normalized spacial score (nSPS) is 18.1. The molecular weight excluding hydrogens is 626 g/mol. The van der Waals surface area contributed by atoms with Crippen molar-refractivity contribution in [2.45, 2.75) is 166 Å². The predicted molar refractivity (Wildman–Crippen MR) is 193 cm³/mol. The summed E-state index contributed by atoms with van der Waals surface area (Å²) in [6.07, 6.45) is 6.75. The first kappa shape index (κ1) is 45.8. The Morgan fingerprint density at radius 2 is 1.29 bits per heavy atom. The van der Waals surface area contributed by atoms with E-state index >= 15 is 0 Å². The van der Waals surface area contributed by atoms with Crippen LogP contribution >= 0.6 is 0 Å². The number of nitrogens with zero attached hydrogens (tertiary/aromatic N) is 1. The highest BCUT2D eigenvalue weighted by Crippen LogP contribution is 2.31. The number of nitrogens with two attached hydrogens (primary N) is 1. The molecule has 284 valence electrons. The highest BCUT2D eigenvalue weighted by molar-refractivity contribution is 6.37. The average Bonchev–Trinajstić information content (AvgIpc) is 3.48. The van der Waals surface area contributed by atoms with Crippen molar-refractivity contribution in [1.82, 2.24) is 20.9 Å². The fourth-order valence-corrected chi connectivity index (χ4v) is 5.15. The first-order valence-corrected chi connectivity index (χ1v) is 18.2. The van der Waals surface area contributed by atoms with Crippen LogP contribution in [0.5, 0.6) is 0 Å². The third kappa shape index (κ3) is 15.9. The van der Waals surface area contributed by atoms with Crippen LogP contribution in [0.25, 0.3) is 0 Å². The van der Waals surface area contributed by atoms with Crippen LogP contribution in [0, 0.1) is 22.2 Å². The maximum absolute atomic E-state index is 13.9. The summed E-state index contributed by atoms with van der Waals surface area (Å²) < 4.78 is 5.48. The van der Waals surface area contributed by atoms with E-state index in [1.807, 2.05) is 34.6 Å². The molecule has 0 spiro atoms. The lowest BCUT2D eigenvalue weighted by atomic mass is 9.80. The van der Waals surface area contributed by atoms with Crippen molar-refractivity contribution in [2.75, 3.05) is 13.2 Å². The van der Waals surface area contributed by atoms with Gasteiger partial charge in [-0.15, -0.1) is 0 Å². The molecule has 1 aliphatic heterocycles. The molecule has 1 aliphatic carbocycles. The number of nitrogens with one attached hydrogen (secondary N) is 3. The number of esters is 1. The standard InChI is InChI=1S/C31H53N5O7.C4H10.C2H6/c1-29(2,3)17-43-27(41)23(31(7,8)9)35-28(42)34-22(30(4,5)6)26(40)36-15-11-14-20(36)25(39)33-19(21(37)24(32)38)16-18-12-10-13-18;1-3-4-2;1-2/h18-20,22-23H,10-17H2,1-9H3,(H2,32,38)(H,33,39)(H2,34,35,42);3-4H2,1-2H3;1-2H3. The number of Topliss-reactive ketones (excluding diaryl/α,β-unsaturated/α-hetero) is 1. The van der Waals surface area contributed by atoms with E-state index in [1.165, 1.54) is 17.7 Å². The summed E-state index contributed by atoms with van der Waals surface area (Å²) in [5.74, 6) is -3.30. The van der Waals surface area contributed by atoms with E-state index in [-0.39, 0.29) is 24.5 Å². The van der Waals surface area contributed by atoms with E-state index < -0.39 is 70.5 Å². The van der Waals surface area contributed by atoms with Crippen molar-refractivity contribution in [2.24, 2.45) is 27.9 Å². The van der Waals surface area contributed by atoms with E-state index in [1.54, 1.807) is 41.5 Å². The van der Waals surface area contributed by atoms with Crippen molar-refractivity contribution < 1.29 is 33.5 Å². The Balaban J connectivity index is 0.00000356. The van der Waals surface area contributed by atoms with Gasteiger partial charge in [0.2, 0.25) is 17.6 Å². The molecule has 1 saturated heterocycles. The number of likely N-dealkylation sites (tertiary alicyclic amines) is 1. The average molecular weight is 696 g/mol. The number of ketones is 1. The molecule has 0 radical (unpaired) electrons. The van der Waals surface area contributed by atoms with Gasteiger partial charge in [0.25, 0.3) is 5.91 Å². The van der Waals surface area contributed by atoms with Crippen LogP contribution in [-0.4, -0.2) is 77.7 Å². The van der Waals surface area contributed by atoms with Crippen molar-refractivity contribution in [3.8, 4) is 0 Å². The van der Waals surface area contributed by atoms with Gasteiger partial charge >= 0.3 is 12.0 Å². The van der Waals surface area contributed by atoms with E-state index in [4.69, 9.17) is 10.5 Å². The fraction of sp³-hybridized carbons (Fsp3) is 0.838. The smallest absolute Gasteiger partial charge is 0.329 e. The van der Waals surface area contributed by atoms with Crippen molar-refractivity contribution in [3.63, 3.8) is 0 Å². The molecule has 1 saturated carbocycles. The van der Waals surface area contributed by atoms with Crippen LogP contribution in [0.4, 0.5) is 4.79 Å². The topological polar surface area (TPSA) is 177 Å². The molecule has 4 unspecified atom stereocenters. The van der Waals surface area contributed by atoms with Crippen LogP contribution < -0.4 is 21.7 Å². The van der Waals surface area contributed by atoms with Crippen LogP contribution in [0.2, 0.25) is 0 Å². The SMILES string of the molecule is CC.CC(C)(C)COC(=O)C(NC(=O)NC(C(=O)N1CCCC1C(=O)NC(CC1CCC1)C(=O)C(N)=O)C(C)(C)C)C(C)(C)C.CCCC. The number of urea groups is 1. The summed E-state index contributed by atoms with van der Waals surface area (Å²) in [7, 11) is 0. The van der Waals surface area contributed by atoms with Gasteiger partial charge in [-0.2, -0.15) is 0 Å². The Bertz CT molecular complexity index is 1100. The number of carbonyl (C=O) groups excluding carboxylic acids is 6. The highest BCUT2D eigenvalue weighted by Gasteiger charge is 2.44. The van der Waals surface area contributed by atoms with Crippen LogP contribution in [0.3, 0.4) is 0 Å². The van der Waals surface area contributed by atoms with E-state index in [0.29, 0.717) is 19.3 Å². The number of ether oxygens (including phenoxy) is 1. The van der Waals surface area contributed by atoms with Crippen molar-refractivity contribution in [3.05, 3.63) is 0 Å². The molecule has 5 amide bonds. The van der Waals surface area contributed by atoms with E-state index in [0.717, 1.165) is 19.3 Å². The van der Waals surface area contributed by atoms with Gasteiger partial charge < -0.3 is 31.3 Å². The second-order valence-electron chi connectivity index (χ2n) is 16.4. The molecule has 4 atom stereocenters. The zero-order valence-electron chi connectivity index (χ0n) is 32.8. The minimum absolute atomic E-state index is 0.176. The number of rotatable bonds is 12. The maximum Gasteiger partial charge on any atom is 0.329 e. The highest BCUT2D eigenvalue weighted by atomic mass is 16.5. The molecule has 2 aliphatic rings. The lowest BCUT2D eigenvalue weighted by Crippen LogP contribution is -2.62. The molecule has 0 aromatic rings. The van der Waals surface area contributed by atoms with E-state index in [2.05, 4.69) is 29.8 Å². The number of primary amides is 1. The van der Waals surface area contributed by atoms with Gasteiger partial charge in [0.05, 0.1) is 12.6 Å². The monoisotopic (exact) mass is 696 g/mol. The number of amides is 5. The molecule has 49 heavy (non-hydrogen) atoms. The number of hydrogen-bond donors (Lipinski definition) is 4. The summed E-state index contributed by atoms with van der Waals surface area (Å²) in [6.45, 7) is 25.4. The number of carbonyl (C=O) groups is 6. The molecule has 0 bridgehead atoms. The molecule has 0 aromatic heterocycles. The Labute approximate surface area is 296 Å². The molecule has 0 aromatic carbocycles. The van der Waals surface area contributed by atoms with Gasteiger partial charge in [-0.3, -0.25) is 19.2 Å². The predicted octanol–water partition coefficient (Wildman–Crippen LogP) is 5.26. The third-order valence-corrected chi connectivity index (χ3v) is 8.42. The van der Waals surface area contributed by atoms with Crippen LogP contribution in [-0.2, 0) is 28.7 Å². The third-order valence-electron chi connectivity index (χ3n) is 8.42. The van der Waals surface area contributed by atoms with Crippen molar-refractivity contribution in [1.29, 1.82) is 0 Å². The molecule has 2 fully saturated rings. The first-order chi connectivity index (χ1) is 22.5. The van der Waals surface area contributed by atoms with Crippen LogP contribution in [0.1, 0.15) is 141 Å². The lowest BCUT2D eigenvalue weighted by Gasteiger charge is -2.37. The lowest BCUT2D eigenvalue weighted by molar-refractivity contribution is -0.151. The summed E-state index contributed by atoms with van der Waals surface area (Å²) in [6, 6.07) is -4.64. The molecule has 12 heteroatoms. The minimum atomic E-state index is -1.11. The number of unbranched alkanes of at least 4 members (excludes halogenated alkanes) is 1. The first-order valence-electron chi connectivity index (χ1n) is 18.2. The molecule has 5 N–H and O–H groups in total.